The summed E-state index contributed by atoms with van der Waals surface area (Å²) in [6.07, 6.45) is 0. The van der Waals surface area contributed by atoms with E-state index in [1.54, 1.807) is 0 Å². The lowest BCUT2D eigenvalue weighted by Gasteiger charge is -2.21. The molecule has 13 rings (SSSR count). The fourth-order valence-corrected chi connectivity index (χ4v) is 10.9. The van der Waals surface area contributed by atoms with Gasteiger partial charge in [0.25, 0.3) is 0 Å². The zero-order valence-corrected chi connectivity index (χ0v) is 34.5. The number of benzene rings is 11. The van der Waals surface area contributed by atoms with Gasteiger partial charge < -0.3 is 4.42 Å². The van der Waals surface area contributed by atoms with Gasteiger partial charge in [-0.05, 0) is 146 Å². The maximum Gasteiger partial charge on any atom is 0.135 e. The van der Waals surface area contributed by atoms with E-state index in [9.17, 15) is 0 Å². The Morgan fingerprint density at radius 2 is 0.774 bits per heavy atom. The predicted octanol–water partition coefficient (Wildman–Crippen LogP) is 17.2. The summed E-state index contributed by atoms with van der Waals surface area (Å²) in [6.45, 7) is 4.72. The van der Waals surface area contributed by atoms with Gasteiger partial charge in [-0.1, -0.05) is 184 Å². The molecule has 12 aromatic rings. The molecule has 1 heterocycles. The first kappa shape index (κ1) is 35.1. The van der Waals surface area contributed by atoms with Crippen LogP contribution in [0.5, 0.6) is 0 Å². The molecule has 0 atom stereocenters. The molecule has 0 aliphatic heterocycles. The predicted molar refractivity (Wildman–Crippen MR) is 263 cm³/mol. The summed E-state index contributed by atoms with van der Waals surface area (Å²) in [4.78, 5) is 0. The average molecular weight is 789 g/mol. The molecule has 0 spiro atoms. The van der Waals surface area contributed by atoms with Crippen LogP contribution in [0.3, 0.4) is 0 Å². The van der Waals surface area contributed by atoms with Crippen LogP contribution in [-0.2, 0) is 5.41 Å². The topological polar surface area (TPSA) is 13.1 Å². The highest BCUT2D eigenvalue weighted by molar-refractivity contribution is 6.22. The van der Waals surface area contributed by atoms with Crippen molar-refractivity contribution in [3.8, 4) is 55.6 Å². The minimum absolute atomic E-state index is 0.0670. The second kappa shape index (κ2) is 13.1. The van der Waals surface area contributed by atoms with Crippen LogP contribution in [0.1, 0.15) is 25.0 Å². The Morgan fingerprint density at radius 1 is 0.290 bits per heavy atom. The molecule has 0 unspecified atom stereocenters. The third-order valence-corrected chi connectivity index (χ3v) is 13.8. The van der Waals surface area contributed by atoms with Gasteiger partial charge in [-0.3, -0.25) is 0 Å². The number of rotatable bonds is 4. The molecule has 0 bridgehead atoms. The van der Waals surface area contributed by atoms with E-state index in [2.05, 4.69) is 220 Å². The van der Waals surface area contributed by atoms with E-state index in [1.807, 2.05) is 0 Å². The lowest BCUT2D eigenvalue weighted by Crippen LogP contribution is -2.14. The minimum Gasteiger partial charge on any atom is -0.456 e. The fourth-order valence-electron chi connectivity index (χ4n) is 10.9. The molecule has 1 aromatic heterocycles. The van der Waals surface area contributed by atoms with Gasteiger partial charge in [0.1, 0.15) is 11.2 Å². The van der Waals surface area contributed by atoms with Crippen molar-refractivity contribution in [2.45, 2.75) is 19.3 Å². The van der Waals surface area contributed by atoms with Gasteiger partial charge in [0.05, 0.1) is 0 Å². The summed E-state index contributed by atoms with van der Waals surface area (Å²) < 4.78 is 6.56. The Hall–Kier alpha value is -7.74. The summed E-state index contributed by atoms with van der Waals surface area (Å²) >= 11 is 0. The molecule has 0 saturated carbocycles. The van der Waals surface area contributed by atoms with E-state index >= 15 is 0 Å². The zero-order valence-electron chi connectivity index (χ0n) is 34.5. The summed E-state index contributed by atoms with van der Waals surface area (Å²) in [5, 5.41) is 12.3. The van der Waals surface area contributed by atoms with Crippen molar-refractivity contribution >= 4 is 65.0 Å². The molecule has 0 saturated heterocycles. The standard InChI is InChI=1S/C61H40O/c1-61(2)54-29-26-39(35-53(54)60-46-19-6-4-14-38(46)25-30-55(60)61)40-27-31-56-51(34-40)52-36-43(28-32-57(52)62-56)59-49-22-9-7-20-47(49)58(48-21-8-10-23-50(48)59)42-17-11-16-41(33-42)45-24-12-15-37-13-3-5-18-44(37)45/h3-36H,1-2H3. The number of hydrogen-bond donors (Lipinski definition) is 0. The maximum absolute atomic E-state index is 6.56. The quantitative estimate of drug-likeness (QED) is 0.162. The van der Waals surface area contributed by atoms with Crippen LogP contribution in [0.2, 0.25) is 0 Å². The van der Waals surface area contributed by atoms with Crippen molar-refractivity contribution in [3.63, 3.8) is 0 Å². The van der Waals surface area contributed by atoms with E-state index in [-0.39, 0.29) is 5.41 Å². The van der Waals surface area contributed by atoms with Crippen molar-refractivity contribution < 1.29 is 4.42 Å². The normalized spacial score (nSPS) is 13.1. The molecule has 0 N–H and O–H groups in total. The highest BCUT2D eigenvalue weighted by Crippen LogP contribution is 2.52. The SMILES string of the molecule is CC1(C)c2ccc(-c3ccc4oc5ccc(-c6c7ccccc7c(-c7cccc(-c8cccc9ccccc89)c7)c7ccccc67)cc5c4c3)cc2-c2c1ccc1ccccc21. The third-order valence-electron chi connectivity index (χ3n) is 13.8. The second-order valence-corrected chi connectivity index (χ2v) is 17.6. The van der Waals surface area contributed by atoms with Gasteiger partial charge in [0, 0.05) is 16.2 Å². The molecule has 62 heavy (non-hydrogen) atoms. The summed E-state index contributed by atoms with van der Waals surface area (Å²) in [5.41, 5.74) is 17.0. The van der Waals surface area contributed by atoms with Crippen molar-refractivity contribution in [1.29, 1.82) is 0 Å². The Bertz CT molecular complexity index is 3780. The van der Waals surface area contributed by atoms with Gasteiger partial charge in [-0.25, -0.2) is 0 Å². The first-order chi connectivity index (χ1) is 30.5. The smallest absolute Gasteiger partial charge is 0.135 e. The molecule has 1 aliphatic rings. The lowest BCUT2D eigenvalue weighted by molar-refractivity contribution is 0.661. The van der Waals surface area contributed by atoms with Gasteiger partial charge in [0.2, 0.25) is 0 Å². The van der Waals surface area contributed by atoms with Crippen LogP contribution < -0.4 is 0 Å². The average Bonchev–Trinajstić information content (AvgIpc) is 3.80. The van der Waals surface area contributed by atoms with E-state index in [0.29, 0.717) is 0 Å². The van der Waals surface area contributed by atoms with Gasteiger partial charge in [0.15, 0.2) is 0 Å². The third kappa shape index (κ3) is 5.09. The molecular formula is C61H40O. The maximum atomic E-state index is 6.56. The van der Waals surface area contributed by atoms with E-state index in [0.717, 1.165) is 21.9 Å². The van der Waals surface area contributed by atoms with Crippen LogP contribution in [0.25, 0.3) is 121 Å². The lowest BCUT2D eigenvalue weighted by atomic mass is 9.82. The van der Waals surface area contributed by atoms with Crippen LogP contribution in [0.4, 0.5) is 0 Å². The molecule has 0 radical (unpaired) electrons. The van der Waals surface area contributed by atoms with Crippen LogP contribution in [-0.4, -0.2) is 0 Å². The summed E-state index contributed by atoms with van der Waals surface area (Å²) in [5.74, 6) is 0. The number of hydrogen-bond acceptors (Lipinski definition) is 1. The zero-order chi connectivity index (χ0) is 41.1. The molecule has 11 aromatic carbocycles. The van der Waals surface area contributed by atoms with E-state index in [1.165, 1.54) is 110 Å². The summed E-state index contributed by atoms with van der Waals surface area (Å²) in [6, 6.07) is 76.2. The molecular weight excluding hydrogens is 749 g/mol. The molecule has 290 valence electrons. The molecule has 0 fully saturated rings. The Kier molecular flexibility index (Phi) is 7.42. The van der Waals surface area contributed by atoms with E-state index < -0.39 is 0 Å². The Labute approximate surface area is 360 Å². The first-order valence-electron chi connectivity index (χ1n) is 21.7. The van der Waals surface area contributed by atoms with Gasteiger partial charge in [-0.2, -0.15) is 0 Å². The molecule has 1 aliphatic carbocycles. The monoisotopic (exact) mass is 788 g/mol. The number of fused-ring (bicyclic) bond motifs is 11. The second-order valence-electron chi connectivity index (χ2n) is 17.6. The van der Waals surface area contributed by atoms with Crippen LogP contribution in [0, 0.1) is 0 Å². The van der Waals surface area contributed by atoms with Crippen molar-refractivity contribution in [2.24, 2.45) is 0 Å². The molecule has 1 nitrogen and oxygen atoms in total. The van der Waals surface area contributed by atoms with Crippen molar-refractivity contribution in [2.75, 3.05) is 0 Å². The fraction of sp³-hybridized carbons (Fsp3) is 0.0492. The van der Waals surface area contributed by atoms with Crippen LogP contribution in [0.15, 0.2) is 211 Å². The van der Waals surface area contributed by atoms with E-state index in [4.69, 9.17) is 4.42 Å². The van der Waals surface area contributed by atoms with Gasteiger partial charge >= 0.3 is 0 Å². The van der Waals surface area contributed by atoms with Crippen molar-refractivity contribution in [1.82, 2.24) is 0 Å². The van der Waals surface area contributed by atoms with Gasteiger partial charge in [-0.15, -0.1) is 0 Å². The Morgan fingerprint density at radius 3 is 1.47 bits per heavy atom. The van der Waals surface area contributed by atoms with Crippen molar-refractivity contribution in [3.05, 3.63) is 217 Å². The minimum atomic E-state index is -0.0670. The Balaban J connectivity index is 0.970. The molecule has 1 heteroatoms. The number of furan rings is 1. The first-order valence-corrected chi connectivity index (χ1v) is 21.7. The summed E-state index contributed by atoms with van der Waals surface area (Å²) in [7, 11) is 0. The molecule has 0 amide bonds. The highest BCUT2D eigenvalue weighted by Gasteiger charge is 2.36. The van der Waals surface area contributed by atoms with Crippen LogP contribution >= 0.6 is 0 Å². The highest BCUT2D eigenvalue weighted by atomic mass is 16.3. The largest absolute Gasteiger partial charge is 0.456 e.